The Kier molecular flexibility index (Phi) is 7.46. The van der Waals surface area contributed by atoms with Crippen LogP contribution in [0, 0.1) is 0 Å². The second-order valence-electron chi connectivity index (χ2n) is 9.52. The molecule has 0 aromatic carbocycles. The van der Waals surface area contributed by atoms with Gasteiger partial charge in [0, 0.05) is 50.9 Å². The van der Waals surface area contributed by atoms with Crippen molar-refractivity contribution in [3.63, 3.8) is 0 Å². The van der Waals surface area contributed by atoms with Crippen LogP contribution < -0.4 is 0 Å². The molecule has 10 heteroatoms. The normalized spacial score (nSPS) is 20.8. The Morgan fingerprint density at radius 2 is 1.59 bits per heavy atom. The molecular weight excluding hydrogens is 442 g/mol. The zero-order chi connectivity index (χ0) is 23.6. The number of rotatable bonds is 9. The molecule has 3 aliphatic heterocycles. The Morgan fingerprint density at radius 1 is 1.06 bits per heavy atom. The number of ether oxygens (including phenoxy) is 1. The Bertz CT molecular complexity index is 865. The first-order valence-electron chi connectivity index (χ1n) is 11.3. The molecule has 32 heavy (non-hydrogen) atoms. The van der Waals surface area contributed by atoms with Crippen LogP contribution >= 0.6 is 0 Å². The quantitative estimate of drug-likeness (QED) is 0.160. The molecule has 0 spiro atoms. The molecule has 3 saturated heterocycles. The third kappa shape index (κ3) is 6.66. The lowest BCUT2D eigenvalue weighted by molar-refractivity contribution is -0.141. The monoisotopic (exact) mass is 477 g/mol. The zero-order valence-electron chi connectivity index (χ0n) is 19.9. The van der Waals surface area contributed by atoms with Crippen molar-refractivity contribution < 1.29 is 23.2 Å². The maximum atomic E-state index is 12.4. The molecule has 0 saturated carbocycles. The SMILES string of the molecule is C=C(C)C(=O)OC(CC)[SiH2]O[Si](C)(C)C.O=C1C=C(N2CC2)C(=O)C(N2CC2)=C1N1CC1. The van der Waals surface area contributed by atoms with E-state index < -0.39 is 18.1 Å². The maximum Gasteiger partial charge on any atom is 0.333 e. The van der Waals surface area contributed by atoms with Crippen LogP contribution in [0.15, 0.2) is 35.3 Å². The van der Waals surface area contributed by atoms with Gasteiger partial charge in [0.1, 0.15) is 17.1 Å². The van der Waals surface area contributed by atoms with Crippen molar-refractivity contribution in [1.82, 2.24) is 14.7 Å². The third-order valence-electron chi connectivity index (χ3n) is 5.27. The number of carbonyl (C=O) groups excluding carboxylic acids is 3. The first-order chi connectivity index (χ1) is 15.0. The minimum atomic E-state index is -1.47. The van der Waals surface area contributed by atoms with E-state index in [1.807, 2.05) is 21.6 Å². The average Bonchev–Trinajstić information content (AvgIpc) is 3.55. The van der Waals surface area contributed by atoms with E-state index in [-0.39, 0.29) is 23.3 Å². The molecule has 4 rings (SSSR count). The number of carbonyl (C=O) groups is 3. The van der Waals surface area contributed by atoms with Crippen LogP contribution in [-0.4, -0.2) is 95.3 Å². The Hall–Kier alpha value is -2.18. The molecule has 3 fully saturated rings. The van der Waals surface area contributed by atoms with Crippen molar-refractivity contribution >= 4 is 35.6 Å². The summed E-state index contributed by atoms with van der Waals surface area (Å²) in [6.45, 7) is 19.1. The van der Waals surface area contributed by atoms with Gasteiger partial charge in [-0.25, -0.2) is 4.79 Å². The number of hydrogen-bond donors (Lipinski definition) is 0. The smallest absolute Gasteiger partial charge is 0.333 e. The third-order valence-corrected chi connectivity index (χ3v) is 10.5. The highest BCUT2D eigenvalue weighted by atomic mass is 28.4. The lowest BCUT2D eigenvalue weighted by Gasteiger charge is -2.22. The summed E-state index contributed by atoms with van der Waals surface area (Å²) in [6, 6.07) is 0. The molecule has 0 aromatic heterocycles. The number of allylic oxidation sites excluding steroid dienone is 1. The van der Waals surface area contributed by atoms with Crippen molar-refractivity contribution in [2.45, 2.75) is 45.6 Å². The molecule has 0 N–H and O–H groups in total. The first-order valence-corrected chi connectivity index (χ1v) is 16.1. The Morgan fingerprint density at radius 3 is 2.03 bits per heavy atom. The number of ketones is 2. The summed E-state index contributed by atoms with van der Waals surface area (Å²) in [5.41, 5.74) is 2.33. The van der Waals surface area contributed by atoms with Gasteiger partial charge >= 0.3 is 5.97 Å². The summed E-state index contributed by atoms with van der Waals surface area (Å²) < 4.78 is 11.1. The Labute approximate surface area is 194 Å². The van der Waals surface area contributed by atoms with Crippen molar-refractivity contribution in [3.05, 3.63) is 35.3 Å². The van der Waals surface area contributed by atoms with Crippen LogP contribution in [-0.2, 0) is 23.2 Å². The van der Waals surface area contributed by atoms with Crippen LogP contribution in [0.4, 0.5) is 0 Å². The summed E-state index contributed by atoms with van der Waals surface area (Å²) in [6.07, 6.45) is 2.35. The van der Waals surface area contributed by atoms with Crippen molar-refractivity contribution in [3.8, 4) is 0 Å². The summed E-state index contributed by atoms with van der Waals surface area (Å²) in [7, 11) is -2.24. The molecule has 8 nitrogen and oxygen atoms in total. The summed E-state index contributed by atoms with van der Waals surface area (Å²) >= 11 is 0. The molecule has 0 amide bonds. The lowest BCUT2D eigenvalue weighted by atomic mass is 10.0. The second-order valence-corrected chi connectivity index (χ2v) is 16.1. The summed E-state index contributed by atoms with van der Waals surface area (Å²) in [5, 5.41) is 0. The molecular formula is C22H35N3O5Si2. The first kappa shape index (κ1) is 24.5. The number of Topliss-reactive ketones (excluding diaryl/α,β-unsaturated/α-hetero) is 1. The van der Waals surface area contributed by atoms with E-state index >= 15 is 0 Å². The van der Waals surface area contributed by atoms with Gasteiger partial charge in [0.15, 0.2) is 18.1 Å². The Balaban J connectivity index is 0.000000183. The van der Waals surface area contributed by atoms with Crippen LogP contribution in [0.2, 0.25) is 19.6 Å². The highest BCUT2D eigenvalue weighted by Gasteiger charge is 2.43. The van der Waals surface area contributed by atoms with Gasteiger partial charge in [-0.05, 0) is 33.0 Å². The van der Waals surface area contributed by atoms with Gasteiger partial charge in [0.2, 0.25) is 11.6 Å². The molecule has 0 radical (unpaired) electrons. The van der Waals surface area contributed by atoms with Gasteiger partial charge in [-0.3, -0.25) is 9.59 Å². The number of esters is 1. The highest BCUT2D eigenvalue weighted by molar-refractivity contribution is 6.74. The minimum Gasteiger partial charge on any atom is -0.461 e. The number of nitrogens with zero attached hydrogens (tertiary/aromatic N) is 3. The van der Waals surface area contributed by atoms with E-state index in [1.54, 1.807) is 6.92 Å². The van der Waals surface area contributed by atoms with E-state index in [9.17, 15) is 14.4 Å². The molecule has 0 aromatic rings. The molecule has 0 bridgehead atoms. The van der Waals surface area contributed by atoms with Gasteiger partial charge in [0.25, 0.3) is 0 Å². The maximum absolute atomic E-state index is 12.4. The molecule has 176 valence electrons. The molecule has 1 unspecified atom stereocenters. The zero-order valence-corrected chi connectivity index (χ0v) is 22.3. The predicted molar refractivity (Wildman–Crippen MR) is 128 cm³/mol. The van der Waals surface area contributed by atoms with Gasteiger partial charge in [0.05, 0.1) is 5.70 Å². The topological polar surface area (TPSA) is 78.7 Å². The van der Waals surface area contributed by atoms with Crippen LogP contribution in [0.3, 0.4) is 0 Å². The van der Waals surface area contributed by atoms with E-state index in [2.05, 4.69) is 26.2 Å². The largest absolute Gasteiger partial charge is 0.461 e. The fourth-order valence-electron chi connectivity index (χ4n) is 3.11. The van der Waals surface area contributed by atoms with E-state index in [4.69, 9.17) is 8.85 Å². The standard InChI is InChI=1S/C12H13N3O2.C10H22O3Si2/c16-9-7-8(13-1-2-13)12(17)11(15-5-6-15)10(9)14-3-4-14;1-7-9(12-10(11)8(2)3)14-13-15(4,5)6/h7H,1-6H2;9H,2,7,14H2,1,3-6H3. The fraction of sp³-hybridized carbons (Fsp3) is 0.591. The van der Waals surface area contributed by atoms with Gasteiger partial charge in [-0.15, -0.1) is 0 Å². The highest BCUT2D eigenvalue weighted by Crippen LogP contribution is 2.33. The van der Waals surface area contributed by atoms with Crippen molar-refractivity contribution in [2.75, 3.05) is 39.3 Å². The fourth-order valence-corrected chi connectivity index (χ4v) is 6.30. The molecule has 1 aliphatic carbocycles. The van der Waals surface area contributed by atoms with Crippen LogP contribution in [0.25, 0.3) is 0 Å². The van der Waals surface area contributed by atoms with Gasteiger partial charge in [-0.1, -0.05) is 13.5 Å². The van der Waals surface area contributed by atoms with E-state index in [0.29, 0.717) is 22.7 Å². The molecule has 4 aliphatic rings. The summed E-state index contributed by atoms with van der Waals surface area (Å²) in [5.74, 6) is -0.249. The molecule has 3 heterocycles. The molecule has 1 atom stereocenters. The van der Waals surface area contributed by atoms with Gasteiger partial charge < -0.3 is 23.6 Å². The average molecular weight is 478 g/mol. The van der Waals surface area contributed by atoms with E-state index in [0.717, 1.165) is 45.7 Å². The predicted octanol–water partition coefficient (Wildman–Crippen LogP) is 0.958. The lowest BCUT2D eigenvalue weighted by Crippen LogP contribution is -2.35. The summed E-state index contributed by atoms with van der Waals surface area (Å²) in [4.78, 5) is 41.8. The second kappa shape index (κ2) is 9.76. The minimum absolute atomic E-state index is 0.00546. The van der Waals surface area contributed by atoms with Crippen LogP contribution in [0.5, 0.6) is 0 Å². The number of hydrogen-bond acceptors (Lipinski definition) is 8. The van der Waals surface area contributed by atoms with Crippen molar-refractivity contribution in [2.24, 2.45) is 0 Å². The van der Waals surface area contributed by atoms with Crippen molar-refractivity contribution in [1.29, 1.82) is 0 Å². The van der Waals surface area contributed by atoms with Gasteiger partial charge in [-0.2, -0.15) is 0 Å². The van der Waals surface area contributed by atoms with E-state index in [1.165, 1.54) is 6.08 Å². The van der Waals surface area contributed by atoms with Crippen LogP contribution in [0.1, 0.15) is 20.3 Å².